The second-order valence-corrected chi connectivity index (χ2v) is 7.10. The molecule has 7 heteroatoms. The highest BCUT2D eigenvalue weighted by atomic mass is 35.5. The van der Waals surface area contributed by atoms with Crippen molar-refractivity contribution in [1.29, 1.82) is 0 Å². The van der Waals surface area contributed by atoms with Crippen LogP contribution in [0.1, 0.15) is 55.8 Å². The molecule has 0 aliphatic heterocycles. The van der Waals surface area contributed by atoms with Crippen LogP contribution >= 0.6 is 23.8 Å². The maximum atomic E-state index is 11.9. The molecule has 26 heavy (non-hydrogen) atoms. The van der Waals surface area contributed by atoms with Gasteiger partial charge < -0.3 is 20.1 Å². The van der Waals surface area contributed by atoms with E-state index in [1.54, 1.807) is 25.1 Å². The van der Waals surface area contributed by atoms with Crippen molar-refractivity contribution in [2.75, 3.05) is 25.1 Å². The van der Waals surface area contributed by atoms with E-state index >= 15 is 0 Å². The normalized spacial score (nSPS) is 14.7. The number of hydrogen-bond donors (Lipinski definition) is 2. The van der Waals surface area contributed by atoms with Crippen LogP contribution in [0, 0.1) is 0 Å². The molecule has 1 saturated carbocycles. The third-order valence-corrected chi connectivity index (χ3v) is 4.81. The Labute approximate surface area is 165 Å². The van der Waals surface area contributed by atoms with Gasteiger partial charge in [-0.15, -0.1) is 0 Å². The summed E-state index contributed by atoms with van der Waals surface area (Å²) in [6, 6.07) is 5.06. The molecule has 1 aliphatic rings. The molecule has 5 nitrogen and oxygen atoms in total. The summed E-state index contributed by atoms with van der Waals surface area (Å²) in [5.74, 6) is -0.445. The molecule has 0 unspecified atom stereocenters. The summed E-state index contributed by atoms with van der Waals surface area (Å²) in [5.41, 5.74) is 1.01. The molecule has 0 saturated heterocycles. The topological polar surface area (TPSA) is 59.6 Å². The number of nitrogens with one attached hydrogen (secondary N) is 2. The van der Waals surface area contributed by atoms with Gasteiger partial charge in [0, 0.05) is 18.8 Å². The number of carbonyl (C=O) groups excluding carboxylic acids is 1. The van der Waals surface area contributed by atoms with E-state index in [4.69, 9.17) is 33.3 Å². The van der Waals surface area contributed by atoms with Crippen molar-refractivity contribution in [3.05, 3.63) is 28.8 Å². The summed E-state index contributed by atoms with van der Waals surface area (Å²) in [6.45, 7) is 3.53. The number of ether oxygens (including phenoxy) is 2. The summed E-state index contributed by atoms with van der Waals surface area (Å²) in [4.78, 5) is 11.9. The van der Waals surface area contributed by atoms with Crippen LogP contribution in [0.2, 0.25) is 5.02 Å². The van der Waals surface area contributed by atoms with Crippen LogP contribution in [-0.4, -0.2) is 36.9 Å². The molecule has 0 heterocycles. The van der Waals surface area contributed by atoms with Gasteiger partial charge in [0.2, 0.25) is 0 Å². The lowest BCUT2D eigenvalue weighted by atomic mass is 9.98. The van der Waals surface area contributed by atoms with E-state index in [0.717, 1.165) is 19.6 Å². The Balaban J connectivity index is 1.70. The summed E-state index contributed by atoms with van der Waals surface area (Å²) in [7, 11) is 0. The predicted molar refractivity (Wildman–Crippen MR) is 109 cm³/mol. The maximum absolute atomic E-state index is 11.9. The number of halogens is 1. The molecule has 0 spiro atoms. The minimum atomic E-state index is -0.445. The lowest BCUT2D eigenvalue weighted by Crippen LogP contribution is -2.30. The van der Waals surface area contributed by atoms with Gasteiger partial charge in [-0.1, -0.05) is 30.9 Å². The smallest absolute Gasteiger partial charge is 0.339 e. The Hall–Kier alpha value is -1.37. The van der Waals surface area contributed by atoms with Crippen LogP contribution in [-0.2, 0) is 9.47 Å². The zero-order valence-electron chi connectivity index (χ0n) is 15.2. The van der Waals surface area contributed by atoms with E-state index in [-0.39, 0.29) is 0 Å². The number of carbonyl (C=O) groups is 1. The van der Waals surface area contributed by atoms with E-state index in [1.807, 2.05) is 0 Å². The van der Waals surface area contributed by atoms with E-state index in [2.05, 4.69) is 10.6 Å². The summed E-state index contributed by atoms with van der Waals surface area (Å²) in [6.07, 6.45) is 7.61. The molecule has 1 aliphatic carbocycles. The van der Waals surface area contributed by atoms with Gasteiger partial charge in [0.15, 0.2) is 5.11 Å². The molecule has 0 amide bonds. The van der Waals surface area contributed by atoms with Crippen LogP contribution in [0.4, 0.5) is 5.69 Å². The van der Waals surface area contributed by atoms with E-state index in [1.165, 1.54) is 32.1 Å². The van der Waals surface area contributed by atoms with Gasteiger partial charge in [-0.25, -0.2) is 4.79 Å². The highest BCUT2D eigenvalue weighted by Gasteiger charge is 2.14. The molecule has 1 fully saturated rings. The zero-order chi connectivity index (χ0) is 18.8. The van der Waals surface area contributed by atoms with Gasteiger partial charge in [-0.3, -0.25) is 0 Å². The fraction of sp³-hybridized carbons (Fsp3) is 0.579. The van der Waals surface area contributed by atoms with Gasteiger partial charge in [-0.2, -0.15) is 0 Å². The third-order valence-electron chi connectivity index (χ3n) is 4.23. The van der Waals surface area contributed by atoms with Crippen LogP contribution in [0.3, 0.4) is 0 Å². The van der Waals surface area contributed by atoms with Crippen molar-refractivity contribution < 1.29 is 14.3 Å². The molecule has 0 atom stereocenters. The van der Waals surface area contributed by atoms with Gasteiger partial charge >= 0.3 is 5.97 Å². The Morgan fingerprint density at radius 2 is 2.08 bits per heavy atom. The summed E-state index contributed by atoms with van der Waals surface area (Å²) >= 11 is 11.3. The van der Waals surface area contributed by atoms with Crippen molar-refractivity contribution in [2.45, 2.75) is 51.6 Å². The standard InChI is InChI=1S/C19H27ClN2O3S/c1-2-24-18(23)16-13-14(9-10-17(16)20)22-19(26)21-11-6-12-25-15-7-4-3-5-8-15/h9-10,13,15H,2-8,11-12H2,1H3,(H2,21,22,26). The maximum Gasteiger partial charge on any atom is 0.339 e. The lowest BCUT2D eigenvalue weighted by Gasteiger charge is -2.22. The van der Waals surface area contributed by atoms with Crippen molar-refractivity contribution in [3.8, 4) is 0 Å². The number of esters is 1. The highest BCUT2D eigenvalue weighted by molar-refractivity contribution is 7.80. The van der Waals surface area contributed by atoms with Crippen LogP contribution in [0.15, 0.2) is 18.2 Å². The average Bonchev–Trinajstić information content (AvgIpc) is 2.64. The second kappa shape index (κ2) is 11.4. The first kappa shape index (κ1) is 20.9. The first-order valence-electron chi connectivity index (χ1n) is 9.23. The fourth-order valence-corrected chi connectivity index (χ4v) is 3.31. The van der Waals surface area contributed by atoms with E-state index < -0.39 is 5.97 Å². The molecule has 2 rings (SSSR count). The number of hydrogen-bond acceptors (Lipinski definition) is 4. The van der Waals surface area contributed by atoms with Crippen molar-refractivity contribution >= 4 is 40.6 Å². The average molecular weight is 399 g/mol. The SMILES string of the molecule is CCOC(=O)c1cc(NC(=S)NCCCOC2CCCCC2)ccc1Cl. The first-order chi connectivity index (χ1) is 12.6. The summed E-state index contributed by atoms with van der Waals surface area (Å²) < 4.78 is 10.9. The second-order valence-electron chi connectivity index (χ2n) is 6.28. The molecule has 0 aromatic heterocycles. The highest BCUT2D eigenvalue weighted by Crippen LogP contribution is 2.22. The van der Waals surface area contributed by atoms with E-state index in [0.29, 0.717) is 34.1 Å². The van der Waals surface area contributed by atoms with Crippen LogP contribution < -0.4 is 10.6 Å². The van der Waals surface area contributed by atoms with Gasteiger partial charge in [0.25, 0.3) is 0 Å². The Kier molecular flexibility index (Phi) is 9.15. The number of thiocarbonyl (C=S) groups is 1. The molecule has 0 radical (unpaired) electrons. The first-order valence-corrected chi connectivity index (χ1v) is 10.0. The zero-order valence-corrected chi connectivity index (χ0v) is 16.8. The van der Waals surface area contributed by atoms with Gasteiger partial charge in [0.05, 0.1) is 23.3 Å². The van der Waals surface area contributed by atoms with Crippen LogP contribution in [0.5, 0.6) is 0 Å². The van der Waals surface area contributed by atoms with Gasteiger partial charge in [0.1, 0.15) is 0 Å². The number of anilines is 1. The predicted octanol–water partition coefficient (Wildman–Crippen LogP) is 4.54. The molecule has 1 aromatic carbocycles. The Bertz CT molecular complexity index is 606. The fourth-order valence-electron chi connectivity index (χ4n) is 2.90. The molecule has 144 valence electrons. The quantitative estimate of drug-likeness (QED) is 0.381. The summed E-state index contributed by atoms with van der Waals surface area (Å²) in [5, 5.41) is 7.06. The van der Waals surface area contributed by atoms with Crippen molar-refractivity contribution in [1.82, 2.24) is 5.32 Å². The van der Waals surface area contributed by atoms with E-state index in [9.17, 15) is 4.79 Å². The van der Waals surface area contributed by atoms with Crippen molar-refractivity contribution in [2.24, 2.45) is 0 Å². The monoisotopic (exact) mass is 398 g/mol. The number of benzene rings is 1. The number of rotatable bonds is 8. The third kappa shape index (κ3) is 7.09. The van der Waals surface area contributed by atoms with Crippen molar-refractivity contribution in [3.63, 3.8) is 0 Å². The lowest BCUT2D eigenvalue weighted by molar-refractivity contribution is 0.0277. The van der Waals surface area contributed by atoms with Crippen LogP contribution in [0.25, 0.3) is 0 Å². The molecule has 1 aromatic rings. The minimum absolute atomic E-state index is 0.301. The molecular weight excluding hydrogens is 372 g/mol. The minimum Gasteiger partial charge on any atom is -0.462 e. The Morgan fingerprint density at radius 3 is 2.81 bits per heavy atom. The Morgan fingerprint density at radius 1 is 1.31 bits per heavy atom. The van der Waals surface area contributed by atoms with Gasteiger partial charge in [-0.05, 0) is 56.6 Å². The largest absolute Gasteiger partial charge is 0.462 e. The molecule has 2 N–H and O–H groups in total. The molecule has 0 bridgehead atoms. The molecular formula is C19H27ClN2O3S.